The Labute approximate surface area is 154 Å². The fourth-order valence-electron chi connectivity index (χ4n) is 3.36. The standard InChI is InChI=1S/C18H20F3N3O3/c1-11-8-24(26)9-13-5-12(3-4-15(11)13)16(25)23-17(2)6-14(7-22-10-17)27-18(19,20)21/h3-7,11,26H,8-10H2,1-2H3,(H,23,25)/t11-,17?/m0/s1. The van der Waals surface area contributed by atoms with Crippen molar-refractivity contribution in [3.05, 3.63) is 46.7 Å². The maximum absolute atomic E-state index is 12.6. The lowest BCUT2D eigenvalue weighted by atomic mass is 9.90. The molecule has 1 amide bonds. The first kappa shape index (κ1) is 19.4. The highest BCUT2D eigenvalue weighted by molar-refractivity contribution is 5.95. The molecular formula is C18H20F3N3O3. The molecule has 2 atom stereocenters. The van der Waals surface area contributed by atoms with Crippen molar-refractivity contribution in [1.29, 1.82) is 0 Å². The van der Waals surface area contributed by atoms with Crippen molar-refractivity contribution in [3.63, 3.8) is 0 Å². The Morgan fingerprint density at radius 2 is 2.19 bits per heavy atom. The highest BCUT2D eigenvalue weighted by atomic mass is 19.4. The zero-order valence-electron chi connectivity index (χ0n) is 14.9. The molecule has 2 aliphatic heterocycles. The second kappa shape index (κ2) is 6.97. The number of carbonyl (C=O) groups is 1. The van der Waals surface area contributed by atoms with E-state index in [0.717, 1.165) is 17.3 Å². The van der Waals surface area contributed by atoms with Crippen LogP contribution in [0.15, 0.2) is 35.0 Å². The van der Waals surface area contributed by atoms with Crippen LogP contribution < -0.4 is 5.32 Å². The van der Waals surface area contributed by atoms with Crippen LogP contribution in [0.3, 0.4) is 0 Å². The molecule has 0 aromatic heterocycles. The second-order valence-corrected chi connectivity index (χ2v) is 7.10. The fourth-order valence-corrected chi connectivity index (χ4v) is 3.36. The van der Waals surface area contributed by atoms with E-state index in [9.17, 15) is 23.2 Å². The van der Waals surface area contributed by atoms with Crippen molar-refractivity contribution in [2.45, 2.75) is 38.2 Å². The molecule has 6 nitrogen and oxygen atoms in total. The van der Waals surface area contributed by atoms with Crippen molar-refractivity contribution in [2.24, 2.45) is 4.99 Å². The molecule has 0 saturated heterocycles. The number of benzene rings is 1. The number of alkyl halides is 3. The second-order valence-electron chi connectivity index (χ2n) is 7.10. The minimum absolute atomic E-state index is 0.0931. The van der Waals surface area contributed by atoms with Gasteiger partial charge in [0.2, 0.25) is 0 Å². The van der Waals surface area contributed by atoms with E-state index >= 15 is 0 Å². The van der Waals surface area contributed by atoms with Crippen molar-refractivity contribution in [2.75, 3.05) is 13.1 Å². The molecule has 27 heavy (non-hydrogen) atoms. The number of hydrogen-bond donors (Lipinski definition) is 2. The predicted octanol–water partition coefficient (Wildman–Crippen LogP) is 2.99. The summed E-state index contributed by atoms with van der Waals surface area (Å²) in [6, 6.07) is 5.21. The van der Waals surface area contributed by atoms with Gasteiger partial charge in [-0.05, 0) is 42.2 Å². The van der Waals surface area contributed by atoms with E-state index in [1.165, 1.54) is 11.1 Å². The molecule has 0 fully saturated rings. The number of nitrogens with zero attached hydrogens (tertiary/aromatic N) is 2. The number of rotatable bonds is 3. The lowest BCUT2D eigenvalue weighted by Gasteiger charge is -2.30. The summed E-state index contributed by atoms with van der Waals surface area (Å²) in [6.45, 7) is 4.47. The van der Waals surface area contributed by atoms with Crippen LogP contribution in [0.5, 0.6) is 0 Å². The first-order valence-corrected chi connectivity index (χ1v) is 8.42. The number of aliphatic imine (C=N–C) groups is 1. The number of hydrogen-bond acceptors (Lipinski definition) is 5. The number of carbonyl (C=O) groups excluding carboxylic acids is 1. The van der Waals surface area contributed by atoms with Gasteiger partial charge in [0.15, 0.2) is 0 Å². The van der Waals surface area contributed by atoms with Gasteiger partial charge >= 0.3 is 6.36 Å². The maximum Gasteiger partial charge on any atom is 0.573 e. The molecule has 9 heteroatoms. The third-order valence-corrected chi connectivity index (χ3v) is 4.51. The quantitative estimate of drug-likeness (QED) is 0.842. The van der Waals surface area contributed by atoms with E-state index in [2.05, 4.69) is 15.0 Å². The molecule has 2 heterocycles. The molecule has 0 radical (unpaired) electrons. The van der Waals surface area contributed by atoms with Crippen LogP contribution in [0, 0.1) is 0 Å². The van der Waals surface area contributed by atoms with Crippen LogP contribution in [0.2, 0.25) is 0 Å². The molecular weight excluding hydrogens is 363 g/mol. The molecule has 2 aliphatic rings. The zero-order chi connectivity index (χ0) is 19.8. The number of ether oxygens (including phenoxy) is 1. The monoisotopic (exact) mass is 383 g/mol. The highest BCUT2D eigenvalue weighted by Crippen LogP contribution is 2.28. The van der Waals surface area contributed by atoms with Gasteiger partial charge in [-0.2, -0.15) is 5.06 Å². The van der Waals surface area contributed by atoms with Gasteiger partial charge in [0, 0.05) is 18.7 Å². The minimum Gasteiger partial charge on any atom is -0.404 e. The number of fused-ring (bicyclic) bond motifs is 1. The first-order valence-electron chi connectivity index (χ1n) is 8.42. The van der Waals surface area contributed by atoms with E-state index in [-0.39, 0.29) is 12.5 Å². The summed E-state index contributed by atoms with van der Waals surface area (Å²) in [4.78, 5) is 16.5. The number of dihydropyridines is 1. The Morgan fingerprint density at radius 3 is 2.89 bits per heavy atom. The van der Waals surface area contributed by atoms with Gasteiger partial charge < -0.3 is 15.3 Å². The summed E-state index contributed by atoms with van der Waals surface area (Å²) in [5.74, 6) is -0.777. The van der Waals surface area contributed by atoms with Crippen LogP contribution in [0.25, 0.3) is 0 Å². The van der Waals surface area contributed by atoms with Gasteiger partial charge in [-0.25, -0.2) is 0 Å². The van der Waals surface area contributed by atoms with E-state index in [0.29, 0.717) is 18.7 Å². The SMILES string of the molecule is C[C@H]1CN(O)Cc2cc(C(=O)NC3(C)C=C(OC(F)(F)F)C=NC3)ccc21. The maximum atomic E-state index is 12.6. The number of allylic oxidation sites excluding steroid dienone is 1. The summed E-state index contributed by atoms with van der Waals surface area (Å²) in [7, 11) is 0. The topological polar surface area (TPSA) is 74.2 Å². The van der Waals surface area contributed by atoms with Crippen molar-refractivity contribution < 1.29 is 27.9 Å². The first-order chi connectivity index (χ1) is 12.5. The van der Waals surface area contributed by atoms with E-state index < -0.39 is 23.6 Å². The minimum atomic E-state index is -4.83. The molecule has 2 N–H and O–H groups in total. The van der Waals surface area contributed by atoms with Gasteiger partial charge in [-0.1, -0.05) is 13.0 Å². The van der Waals surface area contributed by atoms with Crippen molar-refractivity contribution in [3.8, 4) is 0 Å². The highest BCUT2D eigenvalue weighted by Gasteiger charge is 2.35. The number of halogens is 3. The van der Waals surface area contributed by atoms with E-state index in [1.54, 1.807) is 19.1 Å². The summed E-state index contributed by atoms with van der Waals surface area (Å²) in [5, 5.41) is 13.7. The van der Waals surface area contributed by atoms with Crippen LogP contribution >= 0.6 is 0 Å². The Balaban J connectivity index is 1.77. The smallest absolute Gasteiger partial charge is 0.404 e. The Morgan fingerprint density at radius 1 is 1.44 bits per heavy atom. The van der Waals surface area contributed by atoms with E-state index in [4.69, 9.17) is 0 Å². The van der Waals surface area contributed by atoms with Crippen LogP contribution in [0.1, 0.15) is 41.3 Å². The van der Waals surface area contributed by atoms with Gasteiger partial charge in [0.25, 0.3) is 5.91 Å². The molecule has 0 bridgehead atoms. The van der Waals surface area contributed by atoms with E-state index in [1.807, 2.05) is 13.0 Å². The molecule has 146 valence electrons. The molecule has 1 aromatic rings. The average Bonchev–Trinajstić information content (AvgIpc) is 2.52. The summed E-state index contributed by atoms with van der Waals surface area (Å²) in [5.41, 5.74) is 1.15. The third kappa shape index (κ3) is 4.67. The van der Waals surface area contributed by atoms with Gasteiger partial charge in [-0.3, -0.25) is 9.79 Å². The molecule has 1 unspecified atom stereocenters. The third-order valence-electron chi connectivity index (χ3n) is 4.51. The fraction of sp³-hybridized carbons (Fsp3) is 0.444. The lowest BCUT2D eigenvalue weighted by molar-refractivity contribution is -0.302. The summed E-state index contributed by atoms with van der Waals surface area (Å²) in [6.07, 6.45) is -2.65. The Hall–Kier alpha value is -2.39. The number of nitrogens with one attached hydrogen (secondary N) is 1. The average molecular weight is 383 g/mol. The molecule has 0 aliphatic carbocycles. The molecule has 1 aromatic carbocycles. The van der Waals surface area contributed by atoms with Gasteiger partial charge in [0.1, 0.15) is 5.76 Å². The van der Waals surface area contributed by atoms with Crippen LogP contribution in [-0.2, 0) is 11.3 Å². The molecule has 0 spiro atoms. The number of hydroxylamine groups is 2. The van der Waals surface area contributed by atoms with Crippen LogP contribution in [0.4, 0.5) is 13.2 Å². The van der Waals surface area contributed by atoms with Crippen molar-refractivity contribution in [1.82, 2.24) is 10.4 Å². The normalized spacial score (nSPS) is 25.6. The Kier molecular flexibility index (Phi) is 5.00. The summed E-state index contributed by atoms with van der Waals surface area (Å²) < 4.78 is 41.1. The van der Waals surface area contributed by atoms with Crippen molar-refractivity contribution >= 4 is 12.1 Å². The van der Waals surface area contributed by atoms with Gasteiger partial charge in [0.05, 0.1) is 18.3 Å². The van der Waals surface area contributed by atoms with Gasteiger partial charge in [-0.15, -0.1) is 13.2 Å². The molecule has 3 rings (SSSR count). The Bertz CT molecular complexity index is 807. The lowest BCUT2D eigenvalue weighted by Crippen LogP contribution is -2.48. The predicted molar refractivity (Wildman–Crippen MR) is 91.5 cm³/mol. The number of amides is 1. The summed E-state index contributed by atoms with van der Waals surface area (Å²) >= 11 is 0. The van der Waals surface area contributed by atoms with Crippen LogP contribution in [-0.4, -0.2) is 47.4 Å². The largest absolute Gasteiger partial charge is 0.573 e. The zero-order valence-corrected chi connectivity index (χ0v) is 14.9. The molecule has 0 saturated carbocycles.